The molecule has 0 radical (unpaired) electrons. The number of hydrogen-bond donors (Lipinski definition) is 2. The Morgan fingerprint density at radius 1 is 1.33 bits per heavy atom. The molecule has 1 aliphatic heterocycles. The van der Waals surface area contributed by atoms with Crippen molar-refractivity contribution in [3.63, 3.8) is 0 Å². The molecule has 1 aliphatic rings. The first-order chi connectivity index (χ1) is 8.53. The highest BCUT2D eigenvalue weighted by Crippen LogP contribution is 2.12. The zero-order valence-corrected chi connectivity index (χ0v) is 12.6. The maximum atomic E-state index is 11.4. The van der Waals surface area contributed by atoms with Gasteiger partial charge in [0.2, 0.25) is 0 Å². The Hall–Kier alpha value is -0.130. The molecule has 2 unspecified atom stereocenters. The van der Waals surface area contributed by atoms with Crippen LogP contribution in [0.4, 0.5) is 0 Å². The molecule has 0 aromatic carbocycles. The van der Waals surface area contributed by atoms with E-state index in [1.807, 2.05) is 0 Å². The molecule has 0 bridgehead atoms. The normalized spacial score (nSPS) is 23.6. The van der Waals surface area contributed by atoms with Crippen LogP contribution in [-0.2, 0) is 9.84 Å². The van der Waals surface area contributed by atoms with Gasteiger partial charge in [0.05, 0.1) is 5.75 Å². The highest BCUT2D eigenvalue weighted by Gasteiger charge is 2.15. The van der Waals surface area contributed by atoms with E-state index in [4.69, 9.17) is 0 Å². The number of hydrogen-bond acceptors (Lipinski definition) is 4. The minimum atomic E-state index is -2.83. The second-order valence-corrected chi connectivity index (χ2v) is 7.80. The fraction of sp³-hybridized carbons (Fsp3) is 1.00. The minimum absolute atomic E-state index is 0.243. The summed E-state index contributed by atoms with van der Waals surface area (Å²) < 4.78 is 22.7. The third-order valence-corrected chi connectivity index (χ3v) is 5.35. The first-order valence-corrected chi connectivity index (χ1v) is 9.03. The Labute approximate surface area is 112 Å². The first kappa shape index (κ1) is 15.9. The molecule has 0 spiro atoms. The zero-order valence-electron chi connectivity index (χ0n) is 11.7. The van der Waals surface area contributed by atoms with Crippen LogP contribution < -0.4 is 10.6 Å². The molecule has 1 fully saturated rings. The van der Waals surface area contributed by atoms with Crippen LogP contribution in [0.2, 0.25) is 0 Å². The largest absolute Gasteiger partial charge is 0.314 e. The first-order valence-electron chi connectivity index (χ1n) is 7.20. The van der Waals surface area contributed by atoms with E-state index in [0.29, 0.717) is 18.6 Å². The summed E-state index contributed by atoms with van der Waals surface area (Å²) in [6, 6.07) is 0.977. The predicted molar refractivity (Wildman–Crippen MR) is 76.7 cm³/mol. The molecule has 0 aromatic rings. The van der Waals surface area contributed by atoms with E-state index in [1.165, 1.54) is 25.7 Å². The van der Waals surface area contributed by atoms with Crippen molar-refractivity contribution in [3.8, 4) is 0 Å². The topological polar surface area (TPSA) is 58.2 Å². The van der Waals surface area contributed by atoms with Gasteiger partial charge in [-0.2, -0.15) is 0 Å². The fourth-order valence-electron chi connectivity index (χ4n) is 2.42. The summed E-state index contributed by atoms with van der Waals surface area (Å²) in [6.45, 7) is 5.55. The Morgan fingerprint density at radius 3 is 2.83 bits per heavy atom. The fourth-order valence-corrected chi connectivity index (χ4v) is 3.13. The second-order valence-electron chi connectivity index (χ2n) is 5.33. The van der Waals surface area contributed by atoms with Gasteiger partial charge in [-0.1, -0.05) is 19.8 Å². The molecule has 18 heavy (non-hydrogen) atoms. The van der Waals surface area contributed by atoms with Crippen molar-refractivity contribution in [3.05, 3.63) is 0 Å². The number of sulfone groups is 1. The van der Waals surface area contributed by atoms with Crippen LogP contribution in [0.1, 0.15) is 46.0 Å². The summed E-state index contributed by atoms with van der Waals surface area (Å²) in [5, 5.41) is 6.89. The molecule has 5 heteroatoms. The number of nitrogens with one attached hydrogen (secondary N) is 2. The predicted octanol–water partition coefficient (Wildman–Crippen LogP) is 1.32. The van der Waals surface area contributed by atoms with Gasteiger partial charge in [-0.05, 0) is 32.7 Å². The molecule has 2 N–H and O–H groups in total. The molecule has 1 heterocycles. The lowest BCUT2D eigenvalue weighted by atomic mass is 10.0. The molecule has 0 saturated carbocycles. The van der Waals surface area contributed by atoms with E-state index in [1.54, 1.807) is 6.92 Å². The summed E-state index contributed by atoms with van der Waals surface area (Å²) in [4.78, 5) is 0. The lowest BCUT2D eigenvalue weighted by Gasteiger charge is -2.21. The van der Waals surface area contributed by atoms with Gasteiger partial charge in [0.25, 0.3) is 0 Å². The lowest BCUT2D eigenvalue weighted by molar-refractivity contribution is 0.408. The average Bonchev–Trinajstić information content (AvgIpc) is 2.57. The monoisotopic (exact) mass is 276 g/mol. The summed E-state index contributed by atoms with van der Waals surface area (Å²) in [7, 11) is -2.83. The van der Waals surface area contributed by atoms with Gasteiger partial charge in [-0.3, -0.25) is 0 Å². The van der Waals surface area contributed by atoms with Crippen molar-refractivity contribution in [2.45, 2.75) is 58.0 Å². The summed E-state index contributed by atoms with van der Waals surface area (Å²) in [5.74, 6) is 0.499. The quantitative estimate of drug-likeness (QED) is 0.736. The minimum Gasteiger partial charge on any atom is -0.314 e. The summed E-state index contributed by atoms with van der Waals surface area (Å²) in [6.07, 6.45) is 6.27. The van der Waals surface area contributed by atoms with Crippen molar-refractivity contribution in [2.75, 3.05) is 24.6 Å². The molecule has 4 nitrogen and oxygen atoms in total. The smallest absolute Gasteiger partial charge is 0.151 e. The van der Waals surface area contributed by atoms with Crippen LogP contribution in [-0.4, -0.2) is 45.1 Å². The van der Waals surface area contributed by atoms with E-state index in [9.17, 15) is 8.42 Å². The van der Waals surface area contributed by atoms with Crippen LogP contribution in [0.15, 0.2) is 0 Å². The van der Waals surface area contributed by atoms with E-state index in [2.05, 4.69) is 17.6 Å². The van der Waals surface area contributed by atoms with Crippen LogP contribution in [0.3, 0.4) is 0 Å². The van der Waals surface area contributed by atoms with Crippen LogP contribution in [0.25, 0.3) is 0 Å². The number of rotatable bonds is 7. The van der Waals surface area contributed by atoms with E-state index < -0.39 is 9.84 Å². The molecule has 0 amide bonds. The Kier molecular flexibility index (Phi) is 7.19. The van der Waals surface area contributed by atoms with Crippen molar-refractivity contribution in [1.82, 2.24) is 10.6 Å². The van der Waals surface area contributed by atoms with Crippen molar-refractivity contribution in [1.29, 1.82) is 0 Å². The van der Waals surface area contributed by atoms with Gasteiger partial charge >= 0.3 is 0 Å². The van der Waals surface area contributed by atoms with Gasteiger partial charge in [-0.15, -0.1) is 0 Å². The molecular weight excluding hydrogens is 248 g/mol. The third-order valence-electron chi connectivity index (χ3n) is 3.65. The van der Waals surface area contributed by atoms with E-state index >= 15 is 0 Å². The van der Waals surface area contributed by atoms with Gasteiger partial charge in [0.15, 0.2) is 9.84 Å². The molecule has 1 rings (SSSR count). The summed E-state index contributed by atoms with van der Waals surface area (Å²) in [5.41, 5.74) is 0. The molecule has 1 saturated heterocycles. The molecule has 108 valence electrons. The molecular formula is C13H28N2O2S. The SMILES string of the molecule is CCS(=O)(=O)CCNC(C)CC1CCCCCN1. The highest BCUT2D eigenvalue weighted by atomic mass is 32.2. The average molecular weight is 276 g/mol. The summed E-state index contributed by atoms with van der Waals surface area (Å²) >= 11 is 0. The lowest BCUT2D eigenvalue weighted by Crippen LogP contribution is -2.38. The molecule has 2 atom stereocenters. The second kappa shape index (κ2) is 8.12. The van der Waals surface area contributed by atoms with Crippen molar-refractivity contribution in [2.24, 2.45) is 0 Å². The van der Waals surface area contributed by atoms with Crippen molar-refractivity contribution >= 4 is 9.84 Å². The maximum absolute atomic E-state index is 11.4. The third kappa shape index (κ3) is 6.71. The van der Waals surface area contributed by atoms with Crippen LogP contribution >= 0.6 is 0 Å². The standard InChI is InChI=1S/C13H28N2O2S/c1-3-18(16,17)10-9-14-12(2)11-13-7-5-4-6-8-15-13/h12-15H,3-11H2,1-2H3. The van der Waals surface area contributed by atoms with Crippen molar-refractivity contribution < 1.29 is 8.42 Å². The maximum Gasteiger partial charge on any atom is 0.151 e. The van der Waals surface area contributed by atoms with E-state index in [0.717, 1.165) is 13.0 Å². The van der Waals surface area contributed by atoms with Gasteiger partial charge in [0.1, 0.15) is 0 Å². The zero-order chi connectivity index (χ0) is 13.4. The van der Waals surface area contributed by atoms with Crippen LogP contribution in [0, 0.1) is 0 Å². The Morgan fingerprint density at radius 2 is 2.11 bits per heavy atom. The molecule has 0 aliphatic carbocycles. The Balaban J connectivity index is 2.18. The molecule has 0 aromatic heterocycles. The Bertz CT molecular complexity index is 309. The van der Waals surface area contributed by atoms with Crippen LogP contribution in [0.5, 0.6) is 0 Å². The van der Waals surface area contributed by atoms with E-state index in [-0.39, 0.29) is 11.5 Å². The van der Waals surface area contributed by atoms with Gasteiger partial charge < -0.3 is 10.6 Å². The highest BCUT2D eigenvalue weighted by molar-refractivity contribution is 7.91. The van der Waals surface area contributed by atoms with Gasteiger partial charge in [0, 0.05) is 24.4 Å². The van der Waals surface area contributed by atoms with Gasteiger partial charge in [-0.25, -0.2) is 8.42 Å².